The molecule has 0 aromatic rings. The molecule has 0 aliphatic rings. The van der Waals surface area contributed by atoms with Gasteiger partial charge in [-0.1, -0.05) is 256 Å². The van der Waals surface area contributed by atoms with Crippen LogP contribution in [0.3, 0.4) is 0 Å². The summed E-state index contributed by atoms with van der Waals surface area (Å²) in [5.41, 5.74) is 0. The fraction of sp³-hybridized carbons (Fsp3) is 0.870. The van der Waals surface area contributed by atoms with E-state index >= 15 is 0 Å². The molecule has 1 amide bonds. The number of hydrogen-bond acceptors (Lipinski definition) is 4. The summed E-state index contributed by atoms with van der Waals surface area (Å²) < 4.78 is 0. The highest BCUT2D eigenvalue weighted by atomic mass is 16.3. The molecule has 0 spiro atoms. The second-order valence-electron chi connectivity index (χ2n) is 18.1. The van der Waals surface area contributed by atoms with Gasteiger partial charge >= 0.3 is 0 Å². The lowest BCUT2D eigenvalue weighted by atomic mass is 10.0. The zero-order valence-electron chi connectivity index (χ0n) is 39.6. The van der Waals surface area contributed by atoms with E-state index < -0.39 is 24.2 Å². The molecule has 0 saturated heterocycles. The lowest BCUT2D eigenvalue weighted by molar-refractivity contribution is -0.131. The molecule has 348 valence electrons. The minimum absolute atomic E-state index is 0.377. The predicted octanol–water partition coefficient (Wildman–Crippen LogP) is 15.9. The van der Waals surface area contributed by atoms with Crippen molar-refractivity contribution in [3.05, 3.63) is 36.5 Å². The topological polar surface area (TPSA) is 89.8 Å². The number of unbranched alkanes of at least 4 members (excludes halogenated alkanes) is 36. The van der Waals surface area contributed by atoms with Crippen LogP contribution in [0.5, 0.6) is 0 Å². The first-order chi connectivity index (χ1) is 29.1. The maximum absolute atomic E-state index is 12.5. The summed E-state index contributed by atoms with van der Waals surface area (Å²) >= 11 is 0. The highest BCUT2D eigenvalue weighted by Crippen LogP contribution is 2.16. The molecule has 0 aliphatic carbocycles. The van der Waals surface area contributed by atoms with Crippen molar-refractivity contribution in [1.29, 1.82) is 0 Å². The van der Waals surface area contributed by atoms with Crippen LogP contribution in [0.15, 0.2) is 36.5 Å². The SMILES string of the molecule is CCCCCCCCCCCCCC/C=C\CCCCCCCCCC(O)C(=O)NC(CO)C(O)/C=C/CC/C=C/CCCCCCCCCCCCCCCCCC. The Labute approximate surface area is 368 Å². The first-order valence-corrected chi connectivity index (χ1v) is 26.3. The molecule has 3 atom stereocenters. The largest absolute Gasteiger partial charge is 0.394 e. The fourth-order valence-electron chi connectivity index (χ4n) is 8.08. The average Bonchev–Trinajstić information content (AvgIpc) is 3.24. The molecule has 5 heteroatoms. The summed E-state index contributed by atoms with van der Waals surface area (Å²) in [4.78, 5) is 12.5. The minimum atomic E-state index is -1.11. The van der Waals surface area contributed by atoms with Crippen molar-refractivity contribution in [3.63, 3.8) is 0 Å². The molecule has 59 heavy (non-hydrogen) atoms. The van der Waals surface area contributed by atoms with Gasteiger partial charge in [0, 0.05) is 0 Å². The van der Waals surface area contributed by atoms with Crippen LogP contribution in [-0.4, -0.2) is 46.1 Å². The molecule has 0 heterocycles. The maximum Gasteiger partial charge on any atom is 0.249 e. The standard InChI is InChI=1S/C54H103NO4/c1-3-5-7-9-11-13-15-17-19-21-23-25-27-29-31-33-35-37-39-41-43-45-47-49-53(58)54(59)55-51(50-56)52(57)48-46-44-42-40-38-36-34-32-30-28-26-24-22-20-18-16-14-12-10-8-6-4-2/h29,31,38,40,46,48,51-53,56-58H,3-28,30,32-37,39,41-45,47,49-50H2,1-2H3,(H,55,59)/b31-29-,40-38+,48-46+. The highest BCUT2D eigenvalue weighted by molar-refractivity contribution is 5.80. The van der Waals surface area contributed by atoms with Crippen molar-refractivity contribution >= 4 is 5.91 Å². The smallest absolute Gasteiger partial charge is 0.249 e. The number of aliphatic hydroxyl groups is 3. The van der Waals surface area contributed by atoms with Crippen molar-refractivity contribution in [1.82, 2.24) is 5.32 Å². The first kappa shape index (κ1) is 57.6. The zero-order valence-corrected chi connectivity index (χ0v) is 39.6. The first-order valence-electron chi connectivity index (χ1n) is 26.3. The fourth-order valence-corrected chi connectivity index (χ4v) is 8.08. The Kier molecular flexibility index (Phi) is 48.0. The molecule has 0 rings (SSSR count). The van der Waals surface area contributed by atoms with E-state index in [-0.39, 0.29) is 6.61 Å². The van der Waals surface area contributed by atoms with E-state index in [4.69, 9.17) is 0 Å². The summed E-state index contributed by atoms with van der Waals surface area (Å²) in [5, 5.41) is 33.3. The normalized spacial score (nSPS) is 13.6. The van der Waals surface area contributed by atoms with Gasteiger partial charge in [0.2, 0.25) is 5.91 Å². The van der Waals surface area contributed by atoms with Crippen molar-refractivity contribution in [3.8, 4) is 0 Å². The van der Waals surface area contributed by atoms with Crippen molar-refractivity contribution in [2.24, 2.45) is 0 Å². The number of aliphatic hydroxyl groups excluding tert-OH is 3. The van der Waals surface area contributed by atoms with Crippen LogP contribution in [0, 0.1) is 0 Å². The predicted molar refractivity (Wildman–Crippen MR) is 259 cm³/mol. The maximum atomic E-state index is 12.5. The van der Waals surface area contributed by atoms with Crippen molar-refractivity contribution < 1.29 is 20.1 Å². The average molecular weight is 830 g/mol. The van der Waals surface area contributed by atoms with E-state index in [1.165, 1.54) is 218 Å². The summed E-state index contributed by atoms with van der Waals surface area (Å²) in [6, 6.07) is -0.817. The van der Waals surface area contributed by atoms with Gasteiger partial charge in [-0.05, 0) is 57.8 Å². The molecule has 0 saturated carbocycles. The Morgan fingerprint density at radius 2 is 0.695 bits per heavy atom. The molecule has 0 aliphatic heterocycles. The van der Waals surface area contributed by atoms with Crippen LogP contribution in [0.4, 0.5) is 0 Å². The van der Waals surface area contributed by atoms with E-state index in [1.807, 2.05) is 6.08 Å². The van der Waals surface area contributed by atoms with Crippen LogP contribution < -0.4 is 5.32 Å². The van der Waals surface area contributed by atoms with E-state index in [0.717, 1.165) is 38.5 Å². The van der Waals surface area contributed by atoms with E-state index in [2.05, 4.69) is 43.5 Å². The van der Waals surface area contributed by atoms with Gasteiger partial charge in [0.25, 0.3) is 0 Å². The molecule has 4 N–H and O–H groups in total. The Bertz CT molecular complexity index is 916. The molecule has 5 nitrogen and oxygen atoms in total. The number of carbonyl (C=O) groups is 1. The lowest BCUT2D eigenvalue weighted by Crippen LogP contribution is -2.48. The van der Waals surface area contributed by atoms with Gasteiger partial charge in [-0.25, -0.2) is 0 Å². The van der Waals surface area contributed by atoms with E-state index in [9.17, 15) is 20.1 Å². The number of amides is 1. The number of carbonyl (C=O) groups excluding carboxylic acids is 1. The van der Waals surface area contributed by atoms with Crippen LogP contribution in [0.25, 0.3) is 0 Å². The Morgan fingerprint density at radius 3 is 1.03 bits per heavy atom. The van der Waals surface area contributed by atoms with E-state index in [0.29, 0.717) is 6.42 Å². The molecule has 0 aromatic heterocycles. The van der Waals surface area contributed by atoms with Gasteiger partial charge in [0.05, 0.1) is 18.8 Å². The second kappa shape index (κ2) is 49.2. The third-order valence-corrected chi connectivity index (χ3v) is 12.2. The number of rotatable bonds is 48. The summed E-state index contributed by atoms with van der Waals surface area (Å²) in [5.74, 6) is -0.514. The Balaban J connectivity index is 3.65. The second-order valence-corrected chi connectivity index (χ2v) is 18.1. The molecular weight excluding hydrogens is 727 g/mol. The molecule has 0 radical (unpaired) electrons. The summed E-state index contributed by atoms with van der Waals surface area (Å²) in [7, 11) is 0. The number of allylic oxidation sites excluding steroid dienone is 5. The molecule has 0 aromatic carbocycles. The minimum Gasteiger partial charge on any atom is -0.394 e. The van der Waals surface area contributed by atoms with Crippen molar-refractivity contribution in [2.75, 3.05) is 6.61 Å². The van der Waals surface area contributed by atoms with Crippen LogP contribution in [0.2, 0.25) is 0 Å². The van der Waals surface area contributed by atoms with Crippen LogP contribution >= 0.6 is 0 Å². The van der Waals surface area contributed by atoms with Crippen LogP contribution in [-0.2, 0) is 4.79 Å². The van der Waals surface area contributed by atoms with Gasteiger partial charge in [-0.3, -0.25) is 4.79 Å². The third-order valence-electron chi connectivity index (χ3n) is 12.2. The van der Waals surface area contributed by atoms with Gasteiger partial charge in [0.1, 0.15) is 6.10 Å². The zero-order chi connectivity index (χ0) is 43.0. The van der Waals surface area contributed by atoms with Gasteiger partial charge < -0.3 is 20.6 Å². The van der Waals surface area contributed by atoms with Crippen molar-refractivity contribution in [2.45, 2.75) is 295 Å². The van der Waals surface area contributed by atoms with Gasteiger partial charge in [0.15, 0.2) is 0 Å². The van der Waals surface area contributed by atoms with E-state index in [1.54, 1.807) is 6.08 Å². The molecular formula is C54H103NO4. The number of nitrogens with one attached hydrogen (secondary N) is 1. The summed E-state index contributed by atoms with van der Waals surface area (Å²) in [6.07, 6.45) is 63.5. The molecule has 0 fully saturated rings. The van der Waals surface area contributed by atoms with Gasteiger partial charge in [-0.15, -0.1) is 0 Å². The van der Waals surface area contributed by atoms with Gasteiger partial charge in [-0.2, -0.15) is 0 Å². The molecule has 3 unspecified atom stereocenters. The number of hydrogen-bond donors (Lipinski definition) is 4. The highest BCUT2D eigenvalue weighted by Gasteiger charge is 2.22. The summed E-state index contributed by atoms with van der Waals surface area (Å²) in [6.45, 7) is 4.20. The monoisotopic (exact) mass is 830 g/mol. The Morgan fingerprint density at radius 1 is 0.407 bits per heavy atom. The quantitative estimate of drug-likeness (QED) is 0.0363. The lowest BCUT2D eigenvalue weighted by Gasteiger charge is -2.21. The molecule has 0 bridgehead atoms. The Hall–Kier alpha value is -1.43. The third kappa shape index (κ3) is 44.4. The van der Waals surface area contributed by atoms with Crippen LogP contribution in [0.1, 0.15) is 277 Å².